The summed E-state index contributed by atoms with van der Waals surface area (Å²) < 4.78 is 1.73. The van der Waals surface area contributed by atoms with Crippen LogP contribution in [-0.2, 0) is 6.54 Å². The number of carbonyl (C=O) groups excluding carboxylic acids is 1. The van der Waals surface area contributed by atoms with E-state index in [1.165, 1.54) is 16.0 Å². The van der Waals surface area contributed by atoms with E-state index >= 15 is 0 Å². The summed E-state index contributed by atoms with van der Waals surface area (Å²) in [6.07, 6.45) is 1.81. The second-order valence-corrected chi connectivity index (χ2v) is 4.99. The van der Waals surface area contributed by atoms with Gasteiger partial charge in [0.05, 0.1) is 5.69 Å². The van der Waals surface area contributed by atoms with Gasteiger partial charge in [0.2, 0.25) is 0 Å². The SMILES string of the molecule is CNCc1ccc(-n2ccc(C(=O)N(C)C)n2)cc1C. The Hall–Kier alpha value is -2.14. The zero-order valence-corrected chi connectivity index (χ0v) is 12.3. The minimum atomic E-state index is -0.0905. The van der Waals surface area contributed by atoms with Crippen LogP contribution in [0, 0.1) is 6.92 Å². The van der Waals surface area contributed by atoms with E-state index in [1.54, 1.807) is 24.8 Å². The molecule has 2 rings (SSSR count). The molecule has 1 heterocycles. The first-order chi connectivity index (χ1) is 9.52. The predicted molar refractivity (Wildman–Crippen MR) is 79.1 cm³/mol. The largest absolute Gasteiger partial charge is 0.343 e. The summed E-state index contributed by atoms with van der Waals surface area (Å²) in [6.45, 7) is 2.92. The maximum Gasteiger partial charge on any atom is 0.273 e. The number of nitrogens with one attached hydrogen (secondary N) is 1. The maximum atomic E-state index is 11.8. The molecule has 0 aliphatic carbocycles. The number of rotatable bonds is 4. The molecule has 1 aromatic carbocycles. The number of hydrogen-bond donors (Lipinski definition) is 1. The van der Waals surface area contributed by atoms with E-state index in [1.807, 2.05) is 19.3 Å². The van der Waals surface area contributed by atoms with E-state index in [2.05, 4.69) is 29.5 Å². The molecule has 0 saturated carbocycles. The number of hydrogen-bond acceptors (Lipinski definition) is 3. The first-order valence-electron chi connectivity index (χ1n) is 6.54. The predicted octanol–water partition coefficient (Wildman–Crippen LogP) is 1.60. The van der Waals surface area contributed by atoms with E-state index < -0.39 is 0 Å². The van der Waals surface area contributed by atoms with Gasteiger partial charge in [0.25, 0.3) is 5.91 Å². The summed E-state index contributed by atoms with van der Waals surface area (Å²) in [6, 6.07) is 7.90. The van der Waals surface area contributed by atoms with Crippen molar-refractivity contribution in [1.29, 1.82) is 0 Å². The summed E-state index contributed by atoms with van der Waals surface area (Å²) in [5.41, 5.74) is 3.87. The average molecular weight is 272 g/mol. The number of benzene rings is 1. The summed E-state index contributed by atoms with van der Waals surface area (Å²) in [4.78, 5) is 13.4. The van der Waals surface area contributed by atoms with Crippen LogP contribution in [-0.4, -0.2) is 41.7 Å². The Morgan fingerprint density at radius 2 is 2.10 bits per heavy atom. The van der Waals surface area contributed by atoms with Crippen molar-refractivity contribution in [2.24, 2.45) is 0 Å². The van der Waals surface area contributed by atoms with Crippen LogP contribution >= 0.6 is 0 Å². The molecule has 1 amide bonds. The molecular formula is C15H20N4O. The van der Waals surface area contributed by atoms with Gasteiger partial charge >= 0.3 is 0 Å². The normalized spacial score (nSPS) is 10.6. The van der Waals surface area contributed by atoms with Gasteiger partial charge in [-0.15, -0.1) is 0 Å². The van der Waals surface area contributed by atoms with Crippen molar-refractivity contribution in [3.63, 3.8) is 0 Å². The molecule has 106 valence electrons. The highest BCUT2D eigenvalue weighted by molar-refractivity contribution is 5.91. The van der Waals surface area contributed by atoms with Crippen LogP contribution in [0.15, 0.2) is 30.5 Å². The Kier molecular flexibility index (Phi) is 4.20. The van der Waals surface area contributed by atoms with Gasteiger partial charge in [0.1, 0.15) is 0 Å². The molecule has 0 aliphatic heterocycles. The first kappa shape index (κ1) is 14.3. The van der Waals surface area contributed by atoms with E-state index in [0.717, 1.165) is 12.2 Å². The summed E-state index contributed by atoms with van der Waals surface area (Å²) in [5.74, 6) is -0.0905. The minimum absolute atomic E-state index is 0.0905. The van der Waals surface area contributed by atoms with Crippen molar-refractivity contribution in [1.82, 2.24) is 20.0 Å². The summed E-state index contributed by atoms with van der Waals surface area (Å²) in [5, 5.41) is 7.47. The Bertz CT molecular complexity index is 616. The molecule has 0 saturated heterocycles. The molecule has 1 aromatic heterocycles. The Morgan fingerprint density at radius 1 is 1.35 bits per heavy atom. The molecule has 0 aliphatic rings. The van der Waals surface area contributed by atoms with Crippen LogP contribution in [0.5, 0.6) is 0 Å². The molecule has 20 heavy (non-hydrogen) atoms. The third-order valence-electron chi connectivity index (χ3n) is 3.17. The number of amides is 1. The van der Waals surface area contributed by atoms with E-state index in [-0.39, 0.29) is 5.91 Å². The van der Waals surface area contributed by atoms with Gasteiger partial charge in [0.15, 0.2) is 5.69 Å². The fourth-order valence-corrected chi connectivity index (χ4v) is 2.02. The smallest absolute Gasteiger partial charge is 0.273 e. The highest BCUT2D eigenvalue weighted by Gasteiger charge is 2.12. The summed E-state index contributed by atoms with van der Waals surface area (Å²) in [7, 11) is 5.37. The maximum absolute atomic E-state index is 11.8. The van der Waals surface area contributed by atoms with Gasteiger partial charge in [-0.25, -0.2) is 4.68 Å². The minimum Gasteiger partial charge on any atom is -0.343 e. The molecule has 0 radical (unpaired) electrons. The van der Waals surface area contributed by atoms with E-state index in [4.69, 9.17) is 0 Å². The quantitative estimate of drug-likeness (QED) is 0.920. The van der Waals surface area contributed by atoms with Crippen molar-refractivity contribution in [2.45, 2.75) is 13.5 Å². The second-order valence-electron chi connectivity index (χ2n) is 4.99. The van der Waals surface area contributed by atoms with Crippen LogP contribution in [0.25, 0.3) is 5.69 Å². The number of aryl methyl sites for hydroxylation is 1. The van der Waals surface area contributed by atoms with Crippen molar-refractivity contribution >= 4 is 5.91 Å². The highest BCUT2D eigenvalue weighted by atomic mass is 16.2. The molecule has 0 bridgehead atoms. The van der Waals surface area contributed by atoms with Gasteiger partial charge in [0, 0.05) is 26.8 Å². The second kappa shape index (κ2) is 5.88. The van der Waals surface area contributed by atoms with Crippen molar-refractivity contribution in [2.75, 3.05) is 21.1 Å². The molecule has 0 spiro atoms. The lowest BCUT2D eigenvalue weighted by atomic mass is 10.1. The first-order valence-corrected chi connectivity index (χ1v) is 6.54. The van der Waals surface area contributed by atoms with Crippen LogP contribution < -0.4 is 5.32 Å². The zero-order chi connectivity index (χ0) is 14.7. The average Bonchev–Trinajstić information content (AvgIpc) is 2.90. The van der Waals surface area contributed by atoms with Gasteiger partial charge in [-0.3, -0.25) is 4.79 Å². The van der Waals surface area contributed by atoms with Crippen molar-refractivity contribution in [3.8, 4) is 5.69 Å². The van der Waals surface area contributed by atoms with Gasteiger partial charge in [-0.05, 0) is 43.3 Å². The molecule has 5 heteroatoms. The van der Waals surface area contributed by atoms with E-state index in [0.29, 0.717) is 5.69 Å². The van der Waals surface area contributed by atoms with Crippen LogP contribution in [0.2, 0.25) is 0 Å². The standard InChI is InChI=1S/C15H20N4O/c1-11-9-13(6-5-12(11)10-16-2)19-8-7-14(17-19)15(20)18(3)4/h5-9,16H,10H2,1-4H3. The van der Waals surface area contributed by atoms with Crippen molar-refractivity contribution in [3.05, 3.63) is 47.3 Å². The lowest BCUT2D eigenvalue weighted by Gasteiger charge is -2.09. The summed E-state index contributed by atoms with van der Waals surface area (Å²) >= 11 is 0. The molecule has 0 atom stereocenters. The lowest BCUT2D eigenvalue weighted by molar-refractivity contribution is 0.0821. The van der Waals surface area contributed by atoms with Crippen LogP contribution in [0.3, 0.4) is 0 Å². The number of aromatic nitrogens is 2. The highest BCUT2D eigenvalue weighted by Crippen LogP contribution is 2.15. The lowest BCUT2D eigenvalue weighted by Crippen LogP contribution is -2.22. The Morgan fingerprint density at radius 3 is 2.70 bits per heavy atom. The fraction of sp³-hybridized carbons (Fsp3) is 0.333. The van der Waals surface area contributed by atoms with Crippen LogP contribution in [0.4, 0.5) is 0 Å². The van der Waals surface area contributed by atoms with Gasteiger partial charge in [-0.1, -0.05) is 6.07 Å². The van der Waals surface area contributed by atoms with Gasteiger partial charge in [-0.2, -0.15) is 5.10 Å². The molecular weight excluding hydrogens is 252 g/mol. The molecule has 1 N–H and O–H groups in total. The van der Waals surface area contributed by atoms with E-state index in [9.17, 15) is 4.79 Å². The molecule has 5 nitrogen and oxygen atoms in total. The van der Waals surface area contributed by atoms with Crippen molar-refractivity contribution < 1.29 is 4.79 Å². The van der Waals surface area contributed by atoms with Crippen LogP contribution in [0.1, 0.15) is 21.6 Å². The zero-order valence-electron chi connectivity index (χ0n) is 12.3. The Labute approximate surface area is 119 Å². The third kappa shape index (κ3) is 2.88. The topological polar surface area (TPSA) is 50.2 Å². The molecule has 0 unspecified atom stereocenters. The van der Waals surface area contributed by atoms with Gasteiger partial charge < -0.3 is 10.2 Å². The number of nitrogens with zero attached hydrogens (tertiary/aromatic N) is 3. The fourth-order valence-electron chi connectivity index (χ4n) is 2.02. The molecule has 0 fully saturated rings. The third-order valence-corrected chi connectivity index (χ3v) is 3.17. The number of carbonyl (C=O) groups is 1. The monoisotopic (exact) mass is 272 g/mol. The Balaban J connectivity index is 2.28. The molecule has 2 aromatic rings.